The first-order chi connectivity index (χ1) is 15.0. The van der Waals surface area contributed by atoms with Crippen molar-refractivity contribution in [2.75, 3.05) is 5.32 Å². The lowest BCUT2D eigenvalue weighted by molar-refractivity contribution is -0.136. The van der Waals surface area contributed by atoms with Crippen LogP contribution in [0.5, 0.6) is 5.75 Å². The fourth-order valence-corrected chi connectivity index (χ4v) is 2.63. The molecule has 0 spiro atoms. The van der Waals surface area contributed by atoms with E-state index in [1.807, 2.05) is 19.1 Å². The number of aryl methyl sites for hydroxylation is 1. The summed E-state index contributed by atoms with van der Waals surface area (Å²) in [5.41, 5.74) is 5.44. The van der Waals surface area contributed by atoms with Gasteiger partial charge >= 0.3 is 11.8 Å². The molecule has 3 rings (SSSR count). The van der Waals surface area contributed by atoms with Gasteiger partial charge in [-0.2, -0.15) is 5.10 Å². The molecule has 3 aromatic carbocycles. The fourth-order valence-electron chi connectivity index (χ4n) is 2.63. The molecule has 0 aliphatic carbocycles. The largest absolute Gasteiger partial charge is 0.489 e. The number of anilines is 1. The highest BCUT2D eigenvalue weighted by Crippen LogP contribution is 2.14. The van der Waals surface area contributed by atoms with Crippen molar-refractivity contribution < 1.29 is 18.7 Å². The van der Waals surface area contributed by atoms with Crippen LogP contribution in [0.3, 0.4) is 0 Å². The lowest BCUT2D eigenvalue weighted by Gasteiger charge is -2.06. The second-order valence-electron chi connectivity index (χ2n) is 6.69. The number of hydrogen-bond acceptors (Lipinski definition) is 4. The predicted octanol–water partition coefficient (Wildman–Crippen LogP) is 4.06. The van der Waals surface area contributed by atoms with Crippen LogP contribution in [0.1, 0.15) is 23.6 Å². The Morgan fingerprint density at radius 3 is 2.19 bits per heavy atom. The number of carbonyl (C=O) groups excluding carboxylic acids is 2. The summed E-state index contributed by atoms with van der Waals surface area (Å²) in [4.78, 5) is 23.8. The van der Waals surface area contributed by atoms with E-state index in [1.165, 1.54) is 18.3 Å². The summed E-state index contributed by atoms with van der Waals surface area (Å²) in [5.74, 6) is -1.32. The molecule has 2 amide bonds. The maximum Gasteiger partial charge on any atom is 0.329 e. The topological polar surface area (TPSA) is 79.8 Å². The maximum absolute atomic E-state index is 12.9. The highest BCUT2D eigenvalue weighted by Gasteiger charge is 2.12. The number of hydrogen-bond donors (Lipinski definition) is 2. The summed E-state index contributed by atoms with van der Waals surface area (Å²) in [7, 11) is 0. The Kier molecular flexibility index (Phi) is 7.48. The summed E-state index contributed by atoms with van der Waals surface area (Å²) in [6.07, 6.45) is 2.32. The molecular formula is C24H22FN3O3. The molecule has 0 aromatic heterocycles. The molecule has 2 N–H and O–H groups in total. The van der Waals surface area contributed by atoms with Crippen molar-refractivity contribution in [2.45, 2.75) is 20.0 Å². The zero-order chi connectivity index (χ0) is 22.1. The van der Waals surface area contributed by atoms with E-state index in [0.29, 0.717) is 23.6 Å². The smallest absolute Gasteiger partial charge is 0.329 e. The molecule has 0 bridgehead atoms. The first kappa shape index (κ1) is 21.7. The highest BCUT2D eigenvalue weighted by atomic mass is 19.1. The first-order valence-electron chi connectivity index (χ1n) is 9.74. The lowest BCUT2D eigenvalue weighted by Crippen LogP contribution is -2.32. The number of benzene rings is 3. The van der Waals surface area contributed by atoms with Crippen LogP contribution >= 0.6 is 0 Å². The Labute approximate surface area is 179 Å². The predicted molar refractivity (Wildman–Crippen MR) is 117 cm³/mol. The Hall–Kier alpha value is -4.00. The van der Waals surface area contributed by atoms with E-state index in [2.05, 4.69) is 15.8 Å². The van der Waals surface area contributed by atoms with Crippen LogP contribution in [-0.2, 0) is 22.6 Å². The van der Waals surface area contributed by atoms with Crippen molar-refractivity contribution in [3.05, 3.63) is 95.3 Å². The monoisotopic (exact) mass is 419 g/mol. The third kappa shape index (κ3) is 6.78. The standard InChI is InChI=1S/C24H22FN3O3/c1-2-17-5-11-21(12-6-17)27-23(29)24(30)28-26-15-18-7-13-22(14-8-18)31-16-19-3-9-20(25)10-4-19/h3-15H,2,16H2,1H3,(H,27,29)(H,28,30)/b26-15-. The van der Waals surface area contributed by atoms with Gasteiger partial charge in [-0.05, 0) is 71.6 Å². The maximum atomic E-state index is 12.9. The molecule has 31 heavy (non-hydrogen) atoms. The summed E-state index contributed by atoms with van der Waals surface area (Å²) in [6, 6.07) is 20.4. The van der Waals surface area contributed by atoms with E-state index in [0.717, 1.165) is 17.5 Å². The minimum atomic E-state index is -0.866. The van der Waals surface area contributed by atoms with Crippen LogP contribution in [0.2, 0.25) is 0 Å². The average molecular weight is 419 g/mol. The van der Waals surface area contributed by atoms with Gasteiger partial charge in [0.25, 0.3) is 0 Å². The molecule has 0 saturated heterocycles. The van der Waals surface area contributed by atoms with Crippen molar-refractivity contribution in [3.63, 3.8) is 0 Å². The SMILES string of the molecule is CCc1ccc(NC(=O)C(=O)N/N=C\c2ccc(OCc3ccc(F)cc3)cc2)cc1. The molecule has 0 saturated carbocycles. The second-order valence-corrected chi connectivity index (χ2v) is 6.69. The van der Waals surface area contributed by atoms with E-state index >= 15 is 0 Å². The summed E-state index contributed by atoms with van der Waals surface area (Å²) in [6.45, 7) is 2.35. The number of rotatable bonds is 7. The molecular weight excluding hydrogens is 397 g/mol. The molecule has 6 nitrogen and oxygen atoms in total. The number of hydrazone groups is 1. The van der Waals surface area contributed by atoms with Crippen molar-refractivity contribution in [1.82, 2.24) is 5.43 Å². The van der Waals surface area contributed by atoms with E-state index < -0.39 is 11.8 Å². The zero-order valence-electron chi connectivity index (χ0n) is 17.0. The number of nitrogens with one attached hydrogen (secondary N) is 2. The Morgan fingerprint density at radius 1 is 0.903 bits per heavy atom. The summed E-state index contributed by atoms with van der Waals surface area (Å²) >= 11 is 0. The van der Waals surface area contributed by atoms with Gasteiger partial charge in [-0.15, -0.1) is 0 Å². The fraction of sp³-hybridized carbons (Fsp3) is 0.125. The zero-order valence-corrected chi connectivity index (χ0v) is 17.0. The van der Waals surface area contributed by atoms with Gasteiger partial charge in [0, 0.05) is 5.69 Å². The Morgan fingerprint density at radius 2 is 1.55 bits per heavy atom. The van der Waals surface area contributed by atoms with Crippen LogP contribution < -0.4 is 15.5 Å². The Bertz CT molecular complexity index is 1050. The van der Waals surface area contributed by atoms with Crippen molar-refractivity contribution in [3.8, 4) is 5.75 Å². The van der Waals surface area contributed by atoms with Crippen molar-refractivity contribution in [2.24, 2.45) is 5.10 Å². The summed E-state index contributed by atoms with van der Waals surface area (Å²) in [5, 5.41) is 6.32. The van der Waals surface area contributed by atoms with Crippen LogP contribution in [0.4, 0.5) is 10.1 Å². The van der Waals surface area contributed by atoms with Crippen molar-refractivity contribution >= 4 is 23.7 Å². The third-order valence-electron chi connectivity index (χ3n) is 4.40. The highest BCUT2D eigenvalue weighted by molar-refractivity contribution is 6.39. The van der Waals surface area contributed by atoms with Crippen molar-refractivity contribution in [1.29, 1.82) is 0 Å². The molecule has 0 heterocycles. The van der Waals surface area contributed by atoms with Crippen LogP contribution in [0, 0.1) is 5.82 Å². The molecule has 0 aliphatic rings. The molecule has 0 radical (unpaired) electrons. The van der Waals surface area contributed by atoms with Gasteiger partial charge in [-0.3, -0.25) is 9.59 Å². The molecule has 0 fully saturated rings. The number of halogens is 1. The van der Waals surface area contributed by atoms with E-state index in [4.69, 9.17) is 4.74 Å². The van der Waals surface area contributed by atoms with Gasteiger partial charge in [0.05, 0.1) is 6.21 Å². The minimum Gasteiger partial charge on any atom is -0.489 e. The second kappa shape index (κ2) is 10.7. The van der Waals surface area contributed by atoms with Crippen LogP contribution in [0.25, 0.3) is 0 Å². The third-order valence-corrected chi connectivity index (χ3v) is 4.40. The van der Waals surface area contributed by atoms with E-state index in [9.17, 15) is 14.0 Å². The van der Waals surface area contributed by atoms with Gasteiger partial charge in [-0.25, -0.2) is 9.82 Å². The first-order valence-corrected chi connectivity index (χ1v) is 9.74. The molecule has 3 aromatic rings. The number of carbonyl (C=O) groups is 2. The van der Waals surface area contributed by atoms with Gasteiger partial charge in [0.1, 0.15) is 18.2 Å². The van der Waals surface area contributed by atoms with E-state index in [-0.39, 0.29) is 5.82 Å². The van der Waals surface area contributed by atoms with Gasteiger partial charge in [0.15, 0.2) is 0 Å². The average Bonchev–Trinajstić information content (AvgIpc) is 2.80. The van der Waals surface area contributed by atoms with E-state index in [1.54, 1.807) is 48.5 Å². The number of nitrogens with zero attached hydrogens (tertiary/aromatic N) is 1. The number of ether oxygens (including phenoxy) is 1. The summed E-state index contributed by atoms with van der Waals surface area (Å²) < 4.78 is 18.6. The van der Waals surface area contributed by atoms with Gasteiger partial charge < -0.3 is 10.1 Å². The molecule has 0 atom stereocenters. The van der Waals surface area contributed by atoms with Crippen LogP contribution in [0.15, 0.2) is 77.9 Å². The molecule has 7 heteroatoms. The van der Waals surface area contributed by atoms with Crippen LogP contribution in [-0.4, -0.2) is 18.0 Å². The quantitative estimate of drug-likeness (QED) is 0.344. The molecule has 158 valence electrons. The Balaban J connectivity index is 1.45. The lowest BCUT2D eigenvalue weighted by atomic mass is 10.1. The minimum absolute atomic E-state index is 0.289. The van der Waals surface area contributed by atoms with Gasteiger partial charge in [-0.1, -0.05) is 31.2 Å². The molecule has 0 aliphatic heterocycles. The number of amides is 2. The van der Waals surface area contributed by atoms with Gasteiger partial charge in [0.2, 0.25) is 0 Å². The normalized spacial score (nSPS) is 10.6. The molecule has 0 unspecified atom stereocenters.